The van der Waals surface area contributed by atoms with Crippen LogP contribution in [0, 0.1) is 11.3 Å². The lowest BCUT2D eigenvalue weighted by Crippen LogP contribution is -2.26. The molecule has 0 saturated carbocycles. The lowest BCUT2D eigenvalue weighted by atomic mass is 9.71. The van der Waals surface area contributed by atoms with E-state index in [1.54, 1.807) is 13.1 Å². The van der Waals surface area contributed by atoms with Crippen LogP contribution in [-0.2, 0) is 29.9 Å². The molecule has 0 amide bonds. The second-order valence-corrected chi connectivity index (χ2v) is 12.5. The molecule has 0 bridgehead atoms. The number of hydrogen-bond donors (Lipinski definition) is 1. The van der Waals surface area contributed by atoms with E-state index in [-0.39, 0.29) is 15.9 Å². The number of fused-ring (bicyclic) bond motifs is 6. The lowest BCUT2D eigenvalue weighted by Gasteiger charge is -2.33. The van der Waals surface area contributed by atoms with E-state index in [1.165, 1.54) is 22.3 Å². The number of benzene rings is 3. The van der Waals surface area contributed by atoms with Crippen LogP contribution in [0.1, 0.15) is 38.5 Å². The third-order valence-corrected chi connectivity index (χ3v) is 8.96. The Bertz CT molecular complexity index is 1830. The van der Waals surface area contributed by atoms with Gasteiger partial charge >= 0.3 is 5.76 Å². The number of nitrogens with zero attached hydrogens (tertiary/aromatic N) is 1. The Morgan fingerprint density at radius 3 is 2.50 bits per heavy atom. The number of aryl methyl sites for hydroxylation is 2. The molecule has 7 nitrogen and oxygen atoms in total. The van der Waals surface area contributed by atoms with Crippen LogP contribution in [0.5, 0.6) is 0 Å². The van der Waals surface area contributed by atoms with E-state index >= 15 is 0 Å². The highest BCUT2D eigenvalue weighted by Crippen LogP contribution is 2.44. The first-order chi connectivity index (χ1) is 17.0. The van der Waals surface area contributed by atoms with Gasteiger partial charge in [0.1, 0.15) is 11.3 Å². The summed E-state index contributed by atoms with van der Waals surface area (Å²) in [5, 5.41) is 2.60. The monoisotopic (exact) mass is 504 g/mol. The molecule has 3 aromatic carbocycles. The minimum Gasteiger partial charge on any atom is -0.460 e. The summed E-state index contributed by atoms with van der Waals surface area (Å²) in [4.78, 5) is 11.9. The topological polar surface area (TPSA) is 94.5 Å². The summed E-state index contributed by atoms with van der Waals surface area (Å²) >= 11 is 0. The van der Waals surface area contributed by atoms with Crippen molar-refractivity contribution in [2.45, 2.75) is 44.9 Å². The second kappa shape index (κ2) is 7.74. The third-order valence-electron chi connectivity index (χ3n) is 7.60. The average molecular weight is 505 g/mol. The van der Waals surface area contributed by atoms with Gasteiger partial charge in [-0.05, 0) is 42.4 Å². The van der Waals surface area contributed by atoms with E-state index in [0.29, 0.717) is 17.1 Å². The number of sulfonamides is 1. The number of furan rings is 1. The summed E-state index contributed by atoms with van der Waals surface area (Å²) in [5.41, 5.74) is 3.41. The highest BCUT2D eigenvalue weighted by Gasteiger charge is 2.32. The van der Waals surface area contributed by atoms with Crippen molar-refractivity contribution in [2.75, 3.05) is 4.72 Å². The van der Waals surface area contributed by atoms with Crippen LogP contribution < -0.4 is 10.5 Å². The fourth-order valence-corrected chi connectivity index (χ4v) is 6.49. The molecule has 1 N–H and O–H groups in total. The summed E-state index contributed by atoms with van der Waals surface area (Å²) in [6.45, 7) is 6.81. The molecule has 2 aromatic heterocycles. The van der Waals surface area contributed by atoms with E-state index < -0.39 is 15.8 Å². The summed E-state index contributed by atoms with van der Waals surface area (Å²) in [7, 11) is -2.38. The van der Waals surface area contributed by atoms with Gasteiger partial charge in [0.15, 0.2) is 5.58 Å². The molecule has 0 spiro atoms. The molecule has 6 rings (SSSR count). The molecule has 2 heterocycles. The molecule has 0 radical (unpaired) electrons. The van der Waals surface area contributed by atoms with Gasteiger partial charge in [-0.15, -0.1) is 0 Å². The van der Waals surface area contributed by atoms with Crippen molar-refractivity contribution >= 4 is 48.6 Å². The zero-order chi connectivity index (χ0) is 25.4. The van der Waals surface area contributed by atoms with Gasteiger partial charge in [0, 0.05) is 41.3 Å². The number of rotatable bonds is 3. The molecule has 0 aliphatic heterocycles. The Kier molecular flexibility index (Phi) is 4.92. The number of oxazole rings is 1. The largest absolute Gasteiger partial charge is 0.460 e. The van der Waals surface area contributed by atoms with Gasteiger partial charge in [-0.25, -0.2) is 13.2 Å². The Morgan fingerprint density at radius 2 is 1.75 bits per heavy atom. The Morgan fingerprint density at radius 1 is 1.00 bits per heavy atom. The van der Waals surface area contributed by atoms with Gasteiger partial charge in [0.25, 0.3) is 10.0 Å². The predicted octanol–water partition coefficient (Wildman–Crippen LogP) is 5.98. The zero-order valence-electron chi connectivity index (χ0n) is 20.7. The van der Waals surface area contributed by atoms with Crippen LogP contribution in [0.3, 0.4) is 0 Å². The van der Waals surface area contributed by atoms with Crippen LogP contribution in [0.15, 0.2) is 67.1 Å². The van der Waals surface area contributed by atoms with Crippen LogP contribution in [0.4, 0.5) is 5.69 Å². The highest BCUT2D eigenvalue weighted by atomic mass is 32.2. The molecule has 5 aromatic rings. The van der Waals surface area contributed by atoms with Crippen molar-refractivity contribution < 1.29 is 17.3 Å². The molecular formula is C28H28N2O5S. The quantitative estimate of drug-likeness (QED) is 0.326. The minimum absolute atomic E-state index is 0.0237. The fourth-order valence-electron chi connectivity index (χ4n) is 5.41. The van der Waals surface area contributed by atoms with Crippen molar-refractivity contribution in [1.29, 1.82) is 0 Å². The summed E-state index contributed by atoms with van der Waals surface area (Å²) in [6, 6.07) is 14.0. The van der Waals surface area contributed by atoms with Gasteiger partial charge in [0.05, 0.1) is 16.1 Å². The van der Waals surface area contributed by atoms with Crippen LogP contribution in [0.25, 0.3) is 32.8 Å². The maximum Gasteiger partial charge on any atom is 0.419 e. The smallest absolute Gasteiger partial charge is 0.419 e. The lowest BCUT2D eigenvalue weighted by molar-refractivity contribution is 0.210. The molecule has 8 heteroatoms. The maximum absolute atomic E-state index is 13.5. The molecule has 0 fully saturated rings. The summed E-state index contributed by atoms with van der Waals surface area (Å²) in [5.74, 6) is 0.979. The normalized spacial score (nSPS) is 16.6. The van der Waals surface area contributed by atoms with E-state index in [9.17, 15) is 13.2 Å². The highest BCUT2D eigenvalue weighted by molar-refractivity contribution is 7.92. The first kappa shape index (κ1) is 22.9. The van der Waals surface area contributed by atoms with Gasteiger partial charge < -0.3 is 8.83 Å². The average Bonchev–Trinajstić information content (AvgIpc) is 3.34. The van der Waals surface area contributed by atoms with E-state index in [4.69, 9.17) is 8.83 Å². The van der Waals surface area contributed by atoms with Gasteiger partial charge in [-0.1, -0.05) is 45.0 Å². The van der Waals surface area contributed by atoms with E-state index in [1.807, 2.05) is 30.3 Å². The molecule has 1 aliphatic carbocycles. The Balaban J connectivity index is 1.49. The van der Waals surface area contributed by atoms with Crippen molar-refractivity contribution in [1.82, 2.24) is 4.57 Å². The first-order valence-electron chi connectivity index (χ1n) is 12.1. The predicted molar refractivity (Wildman–Crippen MR) is 141 cm³/mol. The van der Waals surface area contributed by atoms with Crippen LogP contribution in [-0.4, -0.2) is 13.0 Å². The Labute approximate surface area is 208 Å². The number of aromatic nitrogens is 1. The van der Waals surface area contributed by atoms with Crippen molar-refractivity contribution in [3.8, 4) is 0 Å². The standard InChI is InChI=1S/C28H28N2O5S/c1-28(2,3)16-9-12-24-20(13-16)21-15-22(18-7-5-6-8-19(18)26(21)34-24)29-36(32,33)17-10-11-23-25(14-17)35-27(31)30(23)4/h5-8,10-11,14-16,29H,9,12-13H2,1-4H3/t16-/m0/s1. The minimum atomic E-state index is -3.96. The SMILES string of the molecule is Cn1c(=O)oc2cc(S(=O)(=O)Nc3cc4c5c(oc4c4ccccc34)CC[C@H](C(C)(C)C)C5)ccc21. The van der Waals surface area contributed by atoms with Gasteiger partial charge in [0.2, 0.25) is 0 Å². The maximum atomic E-state index is 13.5. The molecular weight excluding hydrogens is 476 g/mol. The Hall–Kier alpha value is -3.52. The van der Waals surface area contributed by atoms with Crippen molar-refractivity contribution in [3.63, 3.8) is 0 Å². The number of hydrogen-bond acceptors (Lipinski definition) is 5. The number of anilines is 1. The summed E-state index contributed by atoms with van der Waals surface area (Å²) in [6.07, 6.45) is 2.86. The fraction of sp³-hybridized carbons (Fsp3) is 0.321. The van der Waals surface area contributed by atoms with Gasteiger partial charge in [-0.3, -0.25) is 9.29 Å². The second-order valence-electron chi connectivity index (χ2n) is 10.8. The van der Waals surface area contributed by atoms with Gasteiger partial charge in [-0.2, -0.15) is 0 Å². The van der Waals surface area contributed by atoms with Crippen molar-refractivity contribution in [2.24, 2.45) is 18.4 Å². The molecule has 1 aliphatic rings. The third kappa shape index (κ3) is 3.54. The van der Waals surface area contributed by atoms with Crippen molar-refractivity contribution in [3.05, 3.63) is 70.4 Å². The summed E-state index contributed by atoms with van der Waals surface area (Å²) < 4.78 is 42.7. The molecule has 36 heavy (non-hydrogen) atoms. The van der Waals surface area contributed by atoms with Crippen LogP contribution in [0.2, 0.25) is 0 Å². The molecule has 186 valence electrons. The molecule has 0 saturated heterocycles. The molecule has 1 atom stereocenters. The van der Waals surface area contributed by atoms with E-state index in [0.717, 1.165) is 46.8 Å². The number of nitrogens with one attached hydrogen (secondary N) is 1. The van der Waals surface area contributed by atoms with E-state index in [2.05, 4.69) is 25.5 Å². The zero-order valence-corrected chi connectivity index (χ0v) is 21.5. The molecule has 0 unspecified atom stereocenters. The first-order valence-corrected chi connectivity index (χ1v) is 13.6. The van der Waals surface area contributed by atoms with Crippen LogP contribution >= 0.6 is 0 Å².